The number of aliphatic hydroxyl groups excluding tert-OH is 4. The number of aliphatic hydroxyl groups is 4. The number of ether oxygens (including phenoxy) is 2. The topological polar surface area (TPSA) is 134 Å². The van der Waals surface area contributed by atoms with Gasteiger partial charge in [-0.1, -0.05) is 77.8 Å². The summed E-state index contributed by atoms with van der Waals surface area (Å²) in [5, 5.41) is 47.9. The number of hydrogen-bond donors (Lipinski definition) is 4. The summed E-state index contributed by atoms with van der Waals surface area (Å²) in [4.78, 5) is 26.9. The fraction of sp³-hybridized carbons (Fsp3) is 0.805. The second kappa shape index (κ2) is 12.6. The van der Waals surface area contributed by atoms with E-state index in [0.717, 1.165) is 43.3 Å². The molecule has 4 saturated carbocycles. The van der Waals surface area contributed by atoms with Crippen LogP contribution in [0.5, 0.6) is 0 Å². The fourth-order valence-corrected chi connectivity index (χ4v) is 12.1. The van der Waals surface area contributed by atoms with Crippen LogP contribution in [0.15, 0.2) is 34.9 Å². The first-order valence-corrected chi connectivity index (χ1v) is 18.7. The van der Waals surface area contributed by atoms with E-state index in [0.29, 0.717) is 17.9 Å². The van der Waals surface area contributed by atoms with Crippen LogP contribution >= 0.6 is 0 Å². The Balaban J connectivity index is 1.67. The van der Waals surface area contributed by atoms with Gasteiger partial charge in [0.25, 0.3) is 0 Å². The van der Waals surface area contributed by atoms with Crippen molar-refractivity contribution < 1.29 is 39.5 Å². The van der Waals surface area contributed by atoms with Crippen LogP contribution in [-0.2, 0) is 19.1 Å². The van der Waals surface area contributed by atoms with Gasteiger partial charge >= 0.3 is 11.9 Å². The van der Waals surface area contributed by atoms with Gasteiger partial charge in [-0.05, 0) is 100 Å². The maximum atomic E-state index is 13.6. The minimum Gasteiger partial charge on any atom is -0.457 e. The first-order valence-electron chi connectivity index (χ1n) is 18.7. The Kier molecular flexibility index (Phi) is 9.83. The first kappa shape index (κ1) is 38.2. The Morgan fingerprint density at radius 1 is 0.878 bits per heavy atom. The second-order valence-corrected chi connectivity index (χ2v) is 18.5. The molecule has 8 nitrogen and oxygen atoms in total. The summed E-state index contributed by atoms with van der Waals surface area (Å²) in [5.41, 5.74) is -1.57. The third-order valence-corrected chi connectivity index (χ3v) is 15.6. The average Bonchev–Trinajstić information content (AvgIpc) is 3.03. The molecule has 276 valence electrons. The molecule has 5 rings (SSSR count). The second-order valence-electron chi connectivity index (χ2n) is 18.5. The predicted molar refractivity (Wildman–Crippen MR) is 189 cm³/mol. The van der Waals surface area contributed by atoms with Crippen molar-refractivity contribution in [1.29, 1.82) is 0 Å². The summed E-state index contributed by atoms with van der Waals surface area (Å²) in [6, 6.07) is 0. The van der Waals surface area contributed by atoms with Crippen molar-refractivity contribution in [3.63, 3.8) is 0 Å². The lowest BCUT2D eigenvalue weighted by Crippen LogP contribution is -2.76. The molecule has 4 fully saturated rings. The van der Waals surface area contributed by atoms with Crippen molar-refractivity contribution in [3.8, 4) is 0 Å². The normalized spacial score (nSPS) is 45.9. The molecule has 0 aliphatic heterocycles. The van der Waals surface area contributed by atoms with Crippen molar-refractivity contribution in [2.45, 2.75) is 152 Å². The molecule has 49 heavy (non-hydrogen) atoms. The molecule has 0 amide bonds. The zero-order valence-corrected chi connectivity index (χ0v) is 31.9. The van der Waals surface area contributed by atoms with Crippen LogP contribution in [0.4, 0.5) is 0 Å². The Labute approximate surface area is 294 Å². The van der Waals surface area contributed by atoms with E-state index in [2.05, 4.69) is 40.7 Å². The Morgan fingerprint density at radius 3 is 2.12 bits per heavy atom. The molecule has 0 bridgehead atoms. The van der Waals surface area contributed by atoms with Gasteiger partial charge in [0.1, 0.15) is 6.10 Å². The van der Waals surface area contributed by atoms with E-state index in [1.807, 2.05) is 33.8 Å². The van der Waals surface area contributed by atoms with E-state index in [9.17, 15) is 30.0 Å². The predicted octanol–water partition coefficient (Wildman–Crippen LogP) is 6.45. The Hall–Kier alpha value is -2.00. The van der Waals surface area contributed by atoms with Gasteiger partial charge < -0.3 is 29.9 Å². The van der Waals surface area contributed by atoms with Crippen molar-refractivity contribution in [1.82, 2.24) is 0 Å². The maximum absolute atomic E-state index is 13.6. The highest BCUT2D eigenvalue weighted by Crippen LogP contribution is 2.76. The molecule has 12 atom stereocenters. The van der Waals surface area contributed by atoms with Gasteiger partial charge in [0, 0.05) is 16.4 Å². The van der Waals surface area contributed by atoms with E-state index in [1.165, 1.54) is 0 Å². The van der Waals surface area contributed by atoms with Crippen molar-refractivity contribution >= 4 is 11.9 Å². The average molecular weight is 685 g/mol. The monoisotopic (exact) mass is 684 g/mol. The van der Waals surface area contributed by atoms with Crippen molar-refractivity contribution in [3.05, 3.63) is 34.9 Å². The number of allylic oxidation sites excluding steroid dienone is 3. The van der Waals surface area contributed by atoms with Gasteiger partial charge in [0.05, 0.1) is 36.8 Å². The standard InChI is InChI=1S/C41H64O8/c1-12-23(3)20-30(44)48-34-33(49-35(47)24(4)13-2)36(5,6)21-26-25-14-15-28-38(9)18-17-29(43)37(7,8)27(38)16-19-39(28,10)40(25,11)31(45)32(46)41(26,34)22-42/h12-14,26-29,31-34,42-43,45-46H,15-22H2,1-11H3/b23-12-,24-13-/t26?,27?,28?,29-,31-,32+,33-,34-,38-,39+,40-,41-/m0/s1. The summed E-state index contributed by atoms with van der Waals surface area (Å²) in [6.07, 6.45) is 5.08. The van der Waals surface area contributed by atoms with Gasteiger partial charge in [-0.2, -0.15) is 0 Å². The zero-order chi connectivity index (χ0) is 36.7. The Bertz CT molecular complexity index is 1420. The molecule has 0 spiro atoms. The number of rotatable bonds is 6. The summed E-state index contributed by atoms with van der Waals surface area (Å²) < 4.78 is 12.5. The fourth-order valence-electron chi connectivity index (χ4n) is 12.1. The third-order valence-electron chi connectivity index (χ3n) is 15.6. The number of carbonyl (C=O) groups excluding carboxylic acids is 2. The molecule has 3 unspecified atom stereocenters. The molecule has 0 aromatic carbocycles. The van der Waals surface area contributed by atoms with E-state index in [1.54, 1.807) is 19.9 Å². The number of fused-ring (bicyclic) bond motifs is 7. The van der Waals surface area contributed by atoms with Crippen LogP contribution in [0, 0.1) is 50.2 Å². The molecule has 0 aromatic rings. The first-order chi connectivity index (χ1) is 22.6. The van der Waals surface area contributed by atoms with E-state index < -0.39 is 70.5 Å². The van der Waals surface area contributed by atoms with E-state index in [-0.39, 0.29) is 29.3 Å². The molecule has 4 N–H and O–H groups in total. The Morgan fingerprint density at radius 2 is 1.53 bits per heavy atom. The molecular formula is C41H64O8. The minimum atomic E-state index is -1.52. The molecular weight excluding hydrogens is 620 g/mol. The minimum absolute atomic E-state index is 0.0117. The van der Waals surface area contributed by atoms with Crippen molar-refractivity contribution in [2.24, 2.45) is 50.2 Å². The lowest BCUT2D eigenvalue weighted by Gasteiger charge is -2.73. The highest BCUT2D eigenvalue weighted by Gasteiger charge is 2.76. The van der Waals surface area contributed by atoms with Gasteiger partial charge in [-0.15, -0.1) is 0 Å². The van der Waals surface area contributed by atoms with Gasteiger partial charge in [0.2, 0.25) is 0 Å². The summed E-state index contributed by atoms with van der Waals surface area (Å²) in [5.74, 6) is -1.03. The largest absolute Gasteiger partial charge is 0.457 e. The van der Waals surface area contributed by atoms with Crippen LogP contribution in [-0.4, -0.2) is 69.5 Å². The maximum Gasteiger partial charge on any atom is 0.333 e. The molecule has 0 aromatic heterocycles. The van der Waals surface area contributed by atoms with Crippen LogP contribution in [0.3, 0.4) is 0 Å². The SMILES string of the molecule is C/C=C(/C)CC(=O)O[C@H]1[C@H](OC(=O)/C(C)=C\C)C(C)(C)CC2C3=CCC4[C@@]5(C)CC[C@H](O)C(C)(C)C5CC[C@@]4(C)[C@]3(C)[C@@H](O)[C@@H](O)[C@]21CO. The lowest BCUT2D eigenvalue weighted by atomic mass is 9.32. The van der Waals surface area contributed by atoms with E-state index >= 15 is 0 Å². The van der Waals surface area contributed by atoms with Gasteiger partial charge in [-0.25, -0.2) is 4.79 Å². The van der Waals surface area contributed by atoms with Gasteiger partial charge in [0.15, 0.2) is 6.10 Å². The number of hydrogen-bond acceptors (Lipinski definition) is 8. The van der Waals surface area contributed by atoms with E-state index in [4.69, 9.17) is 9.47 Å². The third kappa shape index (κ3) is 5.27. The summed E-state index contributed by atoms with van der Waals surface area (Å²) >= 11 is 0. The quantitative estimate of drug-likeness (QED) is 0.143. The van der Waals surface area contributed by atoms with Crippen LogP contribution in [0.2, 0.25) is 0 Å². The lowest BCUT2D eigenvalue weighted by molar-refractivity contribution is -0.292. The molecule has 0 saturated heterocycles. The van der Waals surface area contributed by atoms with Crippen molar-refractivity contribution in [2.75, 3.05) is 6.61 Å². The number of carbonyl (C=O) groups is 2. The molecule has 5 aliphatic carbocycles. The van der Waals surface area contributed by atoms with Crippen LogP contribution < -0.4 is 0 Å². The molecule has 8 heteroatoms. The molecule has 0 radical (unpaired) electrons. The van der Waals surface area contributed by atoms with Crippen LogP contribution in [0.25, 0.3) is 0 Å². The smallest absolute Gasteiger partial charge is 0.333 e. The highest BCUT2D eigenvalue weighted by atomic mass is 16.6. The summed E-state index contributed by atoms with van der Waals surface area (Å²) in [7, 11) is 0. The highest BCUT2D eigenvalue weighted by molar-refractivity contribution is 5.87. The summed E-state index contributed by atoms with van der Waals surface area (Å²) in [6.45, 7) is 21.7. The molecule has 0 heterocycles. The zero-order valence-electron chi connectivity index (χ0n) is 31.9. The van der Waals surface area contributed by atoms with Crippen LogP contribution in [0.1, 0.15) is 121 Å². The number of esters is 2. The molecule has 5 aliphatic rings. The van der Waals surface area contributed by atoms with Gasteiger partial charge in [-0.3, -0.25) is 4.79 Å².